The van der Waals surface area contributed by atoms with Crippen LogP contribution >= 0.6 is 0 Å². The molecule has 0 aromatic carbocycles. The zero-order chi connectivity index (χ0) is 19.9. The van der Waals surface area contributed by atoms with Gasteiger partial charge in [-0.1, -0.05) is 19.9 Å². The van der Waals surface area contributed by atoms with E-state index in [1.54, 1.807) is 18.3 Å². The number of amides is 2. The fourth-order valence-electron chi connectivity index (χ4n) is 4.41. The summed E-state index contributed by atoms with van der Waals surface area (Å²) in [6.45, 7) is 3.93. The molecule has 2 amide bonds. The Bertz CT molecular complexity index is 763. The summed E-state index contributed by atoms with van der Waals surface area (Å²) in [5.74, 6) is -2.11. The van der Waals surface area contributed by atoms with Gasteiger partial charge >= 0.3 is 5.97 Å². The first kappa shape index (κ1) is 19.3. The van der Waals surface area contributed by atoms with Gasteiger partial charge in [0.1, 0.15) is 5.54 Å². The van der Waals surface area contributed by atoms with Crippen LogP contribution in [0.4, 0.5) is 0 Å². The second-order valence-electron chi connectivity index (χ2n) is 7.56. The Hall–Kier alpha value is -2.48. The van der Waals surface area contributed by atoms with Crippen molar-refractivity contribution in [1.29, 1.82) is 0 Å². The summed E-state index contributed by atoms with van der Waals surface area (Å²) < 4.78 is 10.2. The van der Waals surface area contributed by atoms with Gasteiger partial charge in [-0.25, -0.2) is 4.98 Å². The molecule has 8 nitrogen and oxygen atoms in total. The molecule has 0 aliphatic carbocycles. The molecule has 1 aromatic rings. The summed E-state index contributed by atoms with van der Waals surface area (Å²) in [5, 5.41) is 3.30. The van der Waals surface area contributed by atoms with E-state index in [0.29, 0.717) is 12.3 Å². The lowest BCUT2D eigenvalue weighted by Gasteiger charge is -2.33. The highest BCUT2D eigenvalue weighted by atomic mass is 16.5. The van der Waals surface area contributed by atoms with E-state index in [1.165, 1.54) is 21.3 Å². The molecule has 0 spiro atoms. The number of esters is 1. The van der Waals surface area contributed by atoms with Crippen LogP contribution in [-0.4, -0.2) is 54.5 Å². The quantitative estimate of drug-likeness (QED) is 0.604. The molecule has 146 valence electrons. The lowest BCUT2D eigenvalue weighted by molar-refractivity contribution is -0.154. The Morgan fingerprint density at radius 1 is 1.30 bits per heavy atom. The van der Waals surface area contributed by atoms with Crippen molar-refractivity contribution in [2.24, 2.45) is 17.8 Å². The van der Waals surface area contributed by atoms with E-state index in [4.69, 9.17) is 9.47 Å². The van der Waals surface area contributed by atoms with E-state index in [-0.39, 0.29) is 17.7 Å². The van der Waals surface area contributed by atoms with E-state index in [0.717, 1.165) is 10.5 Å². The van der Waals surface area contributed by atoms with Crippen molar-refractivity contribution in [3.63, 3.8) is 0 Å². The number of rotatable bonds is 5. The number of nitrogens with zero attached hydrogens (tertiary/aromatic N) is 2. The number of ether oxygens (including phenoxy) is 2. The molecule has 0 unspecified atom stereocenters. The van der Waals surface area contributed by atoms with E-state index >= 15 is 0 Å². The lowest BCUT2D eigenvalue weighted by Crippen LogP contribution is -2.56. The number of imide groups is 1. The number of likely N-dealkylation sites (tertiary alicyclic amines) is 1. The molecular weight excluding hydrogens is 350 g/mol. The zero-order valence-electron chi connectivity index (χ0n) is 16.2. The molecular formula is C19H25N3O5. The van der Waals surface area contributed by atoms with Gasteiger partial charge in [-0.05, 0) is 17.9 Å². The van der Waals surface area contributed by atoms with E-state index in [2.05, 4.69) is 10.3 Å². The van der Waals surface area contributed by atoms with Crippen LogP contribution < -0.4 is 10.1 Å². The first-order valence-corrected chi connectivity index (χ1v) is 8.94. The zero-order valence-corrected chi connectivity index (χ0v) is 16.2. The third-order valence-corrected chi connectivity index (χ3v) is 5.48. The number of carbonyl (C=O) groups excluding carboxylic acids is 3. The molecule has 3 rings (SSSR count). The Morgan fingerprint density at radius 3 is 2.52 bits per heavy atom. The minimum atomic E-state index is -1.25. The molecule has 4 atom stereocenters. The van der Waals surface area contributed by atoms with Crippen LogP contribution in [0, 0.1) is 17.8 Å². The van der Waals surface area contributed by atoms with Crippen LogP contribution in [0.2, 0.25) is 0 Å². The van der Waals surface area contributed by atoms with Gasteiger partial charge in [0.2, 0.25) is 17.7 Å². The van der Waals surface area contributed by atoms with Crippen molar-refractivity contribution >= 4 is 17.8 Å². The fraction of sp³-hybridized carbons (Fsp3) is 0.579. The summed E-state index contributed by atoms with van der Waals surface area (Å²) in [7, 11) is 4.28. The molecule has 1 N–H and O–H groups in total. The second kappa shape index (κ2) is 6.92. The molecule has 0 radical (unpaired) electrons. The minimum Gasteiger partial charge on any atom is -0.481 e. The normalized spacial score (nSPS) is 30.0. The van der Waals surface area contributed by atoms with Crippen LogP contribution in [0.1, 0.15) is 31.9 Å². The number of methoxy groups -OCH3 is 2. The van der Waals surface area contributed by atoms with Crippen LogP contribution in [0.5, 0.6) is 5.88 Å². The van der Waals surface area contributed by atoms with Gasteiger partial charge in [0.25, 0.3) is 0 Å². The summed E-state index contributed by atoms with van der Waals surface area (Å²) >= 11 is 0. The number of fused-ring (bicyclic) bond motifs is 1. The van der Waals surface area contributed by atoms with E-state index in [1.807, 2.05) is 13.8 Å². The Kier molecular flexibility index (Phi) is 4.94. The summed E-state index contributed by atoms with van der Waals surface area (Å²) in [6.07, 6.45) is 1.99. The Balaban J connectivity index is 2.12. The van der Waals surface area contributed by atoms with Gasteiger partial charge in [-0.2, -0.15) is 0 Å². The Morgan fingerprint density at radius 2 is 2.00 bits per heavy atom. The lowest BCUT2D eigenvalue weighted by atomic mass is 9.75. The monoisotopic (exact) mass is 375 g/mol. The standard InChI is InChI=1S/C19H25N3O5/c1-10(2)8-19(18(25)27-5)14-13(16(23)22(3)17(14)24)15(21-19)11-6-7-12(26-4)20-9-11/h6-7,9-10,13-15,21H,8H2,1-5H3/t13-,14-,15-,19-/m1/s1. The summed E-state index contributed by atoms with van der Waals surface area (Å²) in [4.78, 5) is 43.9. The number of aromatic nitrogens is 1. The first-order valence-electron chi connectivity index (χ1n) is 8.94. The smallest absolute Gasteiger partial charge is 0.326 e. The highest BCUT2D eigenvalue weighted by Crippen LogP contribution is 2.50. The maximum absolute atomic E-state index is 12.9. The maximum Gasteiger partial charge on any atom is 0.326 e. The molecule has 2 fully saturated rings. The maximum atomic E-state index is 12.9. The number of nitrogens with one attached hydrogen (secondary N) is 1. The summed E-state index contributed by atoms with van der Waals surface area (Å²) in [6, 6.07) is 2.96. The summed E-state index contributed by atoms with van der Waals surface area (Å²) in [5.41, 5.74) is -0.535. The highest BCUT2D eigenvalue weighted by Gasteiger charge is 2.68. The van der Waals surface area contributed by atoms with Crippen molar-refractivity contribution in [1.82, 2.24) is 15.2 Å². The number of hydrogen-bond acceptors (Lipinski definition) is 7. The SMILES string of the molecule is COC(=O)[C@]1(CC(C)C)N[C@H](c2ccc(OC)nc2)[C@@H]2C(=O)N(C)C(=O)[C@@H]21. The van der Waals surface area contributed by atoms with Crippen molar-refractivity contribution in [2.45, 2.75) is 31.8 Å². The molecule has 0 bridgehead atoms. The van der Waals surface area contributed by atoms with Crippen molar-refractivity contribution in [3.8, 4) is 5.88 Å². The highest BCUT2D eigenvalue weighted by molar-refractivity contribution is 6.09. The van der Waals surface area contributed by atoms with Gasteiger partial charge < -0.3 is 9.47 Å². The number of hydrogen-bond donors (Lipinski definition) is 1. The molecule has 1 aromatic heterocycles. The van der Waals surface area contributed by atoms with Gasteiger partial charge in [0, 0.05) is 25.4 Å². The second-order valence-corrected chi connectivity index (χ2v) is 7.56. The number of pyridine rings is 1. The average Bonchev–Trinajstić information content (AvgIpc) is 3.11. The third kappa shape index (κ3) is 2.88. The van der Waals surface area contributed by atoms with Gasteiger partial charge in [0.15, 0.2) is 0 Å². The largest absolute Gasteiger partial charge is 0.481 e. The molecule has 3 heterocycles. The predicted molar refractivity (Wildman–Crippen MR) is 95.6 cm³/mol. The fourth-order valence-corrected chi connectivity index (χ4v) is 4.41. The molecule has 0 saturated carbocycles. The number of carbonyl (C=O) groups is 3. The average molecular weight is 375 g/mol. The van der Waals surface area contributed by atoms with Gasteiger partial charge in [-0.3, -0.25) is 24.6 Å². The van der Waals surface area contributed by atoms with Crippen LogP contribution in [0.25, 0.3) is 0 Å². The van der Waals surface area contributed by atoms with Crippen LogP contribution in [0.15, 0.2) is 18.3 Å². The van der Waals surface area contributed by atoms with E-state index < -0.39 is 29.4 Å². The first-order chi connectivity index (χ1) is 12.8. The van der Waals surface area contributed by atoms with Crippen LogP contribution in [0.3, 0.4) is 0 Å². The Labute approximate surface area is 158 Å². The van der Waals surface area contributed by atoms with Gasteiger partial charge in [-0.15, -0.1) is 0 Å². The van der Waals surface area contributed by atoms with Crippen molar-refractivity contribution < 1.29 is 23.9 Å². The molecule has 8 heteroatoms. The predicted octanol–water partition coefficient (Wildman–Crippen LogP) is 0.923. The van der Waals surface area contributed by atoms with Crippen molar-refractivity contribution in [2.75, 3.05) is 21.3 Å². The third-order valence-electron chi connectivity index (χ3n) is 5.48. The minimum absolute atomic E-state index is 0.110. The molecule has 2 aliphatic heterocycles. The van der Waals surface area contributed by atoms with Crippen LogP contribution in [-0.2, 0) is 19.1 Å². The van der Waals surface area contributed by atoms with Crippen molar-refractivity contribution in [3.05, 3.63) is 23.9 Å². The topological polar surface area (TPSA) is 97.8 Å². The molecule has 2 aliphatic rings. The van der Waals surface area contributed by atoms with Gasteiger partial charge in [0.05, 0.1) is 26.1 Å². The van der Waals surface area contributed by atoms with E-state index in [9.17, 15) is 14.4 Å². The molecule has 2 saturated heterocycles. The molecule has 27 heavy (non-hydrogen) atoms.